The molecule has 4 nitrogen and oxygen atoms in total. The third kappa shape index (κ3) is 3.95. The Balaban J connectivity index is 3.00. The zero-order valence-corrected chi connectivity index (χ0v) is 11.2. The Morgan fingerprint density at radius 3 is 2.82 bits per heavy atom. The van der Waals surface area contributed by atoms with E-state index in [1.54, 1.807) is 0 Å². The summed E-state index contributed by atoms with van der Waals surface area (Å²) in [6.07, 6.45) is -1.02. The van der Waals surface area contributed by atoms with Gasteiger partial charge in [-0.3, -0.25) is 0 Å². The van der Waals surface area contributed by atoms with Gasteiger partial charge in [0.25, 0.3) is 0 Å². The van der Waals surface area contributed by atoms with Gasteiger partial charge < -0.3 is 14.9 Å². The third-order valence-corrected chi connectivity index (χ3v) is 3.43. The molecule has 0 bridgehead atoms. The summed E-state index contributed by atoms with van der Waals surface area (Å²) in [7, 11) is 1.32. The van der Waals surface area contributed by atoms with E-state index >= 15 is 0 Å². The molecule has 2 N–H and O–H groups in total. The molecule has 0 saturated heterocycles. The van der Waals surface area contributed by atoms with Gasteiger partial charge in [-0.1, -0.05) is 15.9 Å². The van der Waals surface area contributed by atoms with Crippen molar-refractivity contribution in [2.75, 3.05) is 12.9 Å². The van der Waals surface area contributed by atoms with E-state index in [1.165, 1.54) is 13.2 Å². The van der Waals surface area contributed by atoms with Crippen molar-refractivity contribution in [3.8, 4) is 0 Å². The SMILES string of the molecule is COC(O)CSc1cc(Br)cc(F)c1C(=O)O. The largest absolute Gasteiger partial charge is 0.478 e. The predicted octanol–water partition coefficient (Wildman–Crippen LogP) is 2.34. The highest BCUT2D eigenvalue weighted by Gasteiger charge is 2.18. The number of hydrogen-bond donors (Lipinski definition) is 2. The van der Waals surface area contributed by atoms with Crippen LogP contribution in [-0.2, 0) is 4.74 Å². The zero-order chi connectivity index (χ0) is 13.0. The van der Waals surface area contributed by atoms with Gasteiger partial charge in [0, 0.05) is 22.2 Å². The molecule has 1 aromatic carbocycles. The lowest BCUT2D eigenvalue weighted by molar-refractivity contribution is -0.0546. The van der Waals surface area contributed by atoms with Crippen LogP contribution in [0, 0.1) is 5.82 Å². The van der Waals surface area contributed by atoms with Crippen LogP contribution in [-0.4, -0.2) is 35.3 Å². The monoisotopic (exact) mass is 324 g/mol. The van der Waals surface area contributed by atoms with Crippen molar-refractivity contribution in [1.82, 2.24) is 0 Å². The number of carbonyl (C=O) groups is 1. The molecule has 94 valence electrons. The maximum atomic E-state index is 13.5. The molecule has 1 atom stereocenters. The van der Waals surface area contributed by atoms with E-state index in [4.69, 9.17) is 5.11 Å². The number of ether oxygens (including phenoxy) is 1. The molecular weight excluding hydrogens is 315 g/mol. The predicted molar refractivity (Wildman–Crippen MR) is 64.8 cm³/mol. The van der Waals surface area contributed by atoms with Gasteiger partial charge in [-0.2, -0.15) is 0 Å². The highest BCUT2D eigenvalue weighted by atomic mass is 79.9. The Hall–Kier alpha value is -0.630. The van der Waals surface area contributed by atoms with Gasteiger partial charge in [-0.25, -0.2) is 9.18 Å². The first-order valence-corrected chi connectivity index (χ1v) is 6.29. The van der Waals surface area contributed by atoms with E-state index in [0.29, 0.717) is 4.47 Å². The van der Waals surface area contributed by atoms with Crippen molar-refractivity contribution in [2.24, 2.45) is 0 Å². The standard InChI is InChI=1S/C10H10BrFO4S/c1-16-8(13)4-17-7-3-5(11)2-6(12)9(7)10(14)15/h2-3,8,13H,4H2,1H3,(H,14,15). The average Bonchev–Trinajstić information content (AvgIpc) is 2.24. The minimum atomic E-state index is -1.34. The zero-order valence-electron chi connectivity index (χ0n) is 8.81. The summed E-state index contributed by atoms with van der Waals surface area (Å²) in [5.74, 6) is -2.04. The van der Waals surface area contributed by atoms with Crippen LogP contribution in [0.15, 0.2) is 21.5 Å². The van der Waals surface area contributed by atoms with Crippen LogP contribution in [0.5, 0.6) is 0 Å². The van der Waals surface area contributed by atoms with Gasteiger partial charge in [0.15, 0.2) is 6.29 Å². The molecule has 1 unspecified atom stereocenters. The van der Waals surface area contributed by atoms with Crippen molar-refractivity contribution < 1.29 is 24.1 Å². The lowest BCUT2D eigenvalue weighted by atomic mass is 10.2. The fourth-order valence-electron chi connectivity index (χ4n) is 1.10. The van der Waals surface area contributed by atoms with Crippen LogP contribution in [0.1, 0.15) is 10.4 Å². The first-order valence-electron chi connectivity index (χ1n) is 4.51. The quantitative estimate of drug-likeness (QED) is 0.642. The molecule has 17 heavy (non-hydrogen) atoms. The van der Waals surface area contributed by atoms with Gasteiger partial charge in [0.1, 0.15) is 11.4 Å². The molecule has 0 aromatic heterocycles. The van der Waals surface area contributed by atoms with Crippen LogP contribution in [0.2, 0.25) is 0 Å². The van der Waals surface area contributed by atoms with Crippen LogP contribution in [0.3, 0.4) is 0 Å². The number of carboxylic acids is 1. The number of carboxylic acid groups (broad SMARTS) is 1. The van der Waals surface area contributed by atoms with E-state index in [2.05, 4.69) is 20.7 Å². The van der Waals surface area contributed by atoms with Crippen molar-refractivity contribution in [3.05, 3.63) is 28.0 Å². The second-order valence-electron chi connectivity index (χ2n) is 3.07. The Morgan fingerprint density at radius 2 is 2.29 bits per heavy atom. The first-order chi connectivity index (χ1) is 7.95. The molecule has 0 aliphatic rings. The fourth-order valence-corrected chi connectivity index (χ4v) is 2.68. The topological polar surface area (TPSA) is 66.8 Å². The second kappa shape index (κ2) is 6.34. The lowest BCUT2D eigenvalue weighted by Gasteiger charge is -2.10. The smallest absolute Gasteiger partial charge is 0.339 e. The van der Waals surface area contributed by atoms with E-state index in [0.717, 1.165) is 17.8 Å². The molecule has 7 heteroatoms. The van der Waals surface area contributed by atoms with Gasteiger partial charge >= 0.3 is 5.97 Å². The molecule has 0 fully saturated rings. The van der Waals surface area contributed by atoms with E-state index < -0.39 is 23.6 Å². The average molecular weight is 325 g/mol. The second-order valence-corrected chi connectivity index (χ2v) is 5.04. The number of hydrogen-bond acceptors (Lipinski definition) is 4. The minimum absolute atomic E-state index is 0.118. The van der Waals surface area contributed by atoms with E-state index in [1.807, 2.05) is 0 Å². The summed E-state index contributed by atoms with van der Waals surface area (Å²) in [6.45, 7) is 0. The number of halogens is 2. The molecule has 1 aromatic rings. The minimum Gasteiger partial charge on any atom is -0.478 e. The Bertz CT molecular complexity index is 427. The van der Waals surface area contributed by atoms with Crippen LogP contribution >= 0.6 is 27.7 Å². The van der Waals surface area contributed by atoms with E-state index in [-0.39, 0.29) is 10.6 Å². The van der Waals surface area contributed by atoms with Gasteiger partial charge in [0.2, 0.25) is 0 Å². The molecule has 0 spiro atoms. The van der Waals surface area contributed by atoms with Crippen molar-refractivity contribution in [2.45, 2.75) is 11.2 Å². The number of aromatic carboxylic acids is 1. The molecular formula is C10H10BrFO4S. The molecule has 0 heterocycles. The Morgan fingerprint density at radius 1 is 1.65 bits per heavy atom. The summed E-state index contributed by atoms with van der Waals surface area (Å²) >= 11 is 4.09. The molecule has 0 amide bonds. The molecule has 1 rings (SSSR count). The van der Waals surface area contributed by atoms with Crippen molar-refractivity contribution in [3.63, 3.8) is 0 Å². The molecule has 0 saturated carbocycles. The van der Waals surface area contributed by atoms with Gasteiger partial charge in [-0.05, 0) is 12.1 Å². The maximum Gasteiger partial charge on any atom is 0.339 e. The van der Waals surface area contributed by atoms with Gasteiger partial charge in [-0.15, -0.1) is 11.8 Å². The number of rotatable bonds is 5. The van der Waals surface area contributed by atoms with E-state index in [9.17, 15) is 14.3 Å². The van der Waals surface area contributed by atoms with Crippen molar-refractivity contribution in [1.29, 1.82) is 0 Å². The number of methoxy groups -OCH3 is 1. The number of aliphatic hydroxyl groups excluding tert-OH is 1. The molecule has 0 aliphatic heterocycles. The van der Waals surface area contributed by atoms with Crippen LogP contribution in [0.25, 0.3) is 0 Å². The molecule has 0 radical (unpaired) electrons. The number of aliphatic hydroxyl groups is 1. The first kappa shape index (κ1) is 14.4. The summed E-state index contributed by atoms with van der Waals surface area (Å²) in [6, 6.07) is 2.57. The van der Waals surface area contributed by atoms with Crippen LogP contribution < -0.4 is 0 Å². The summed E-state index contributed by atoms with van der Waals surface area (Å²) in [4.78, 5) is 11.1. The highest BCUT2D eigenvalue weighted by molar-refractivity contribution is 9.10. The van der Waals surface area contributed by atoms with Crippen LogP contribution in [0.4, 0.5) is 4.39 Å². The number of benzene rings is 1. The Kier molecular flexibility index (Phi) is 5.38. The highest BCUT2D eigenvalue weighted by Crippen LogP contribution is 2.29. The van der Waals surface area contributed by atoms with Gasteiger partial charge in [0.05, 0.1) is 0 Å². The molecule has 0 aliphatic carbocycles. The summed E-state index contributed by atoms with van der Waals surface area (Å²) in [5, 5.41) is 18.1. The normalized spacial score (nSPS) is 12.5. The lowest BCUT2D eigenvalue weighted by Crippen LogP contribution is -2.12. The number of thioether (sulfide) groups is 1. The summed E-state index contributed by atoms with van der Waals surface area (Å²) < 4.78 is 18.5. The third-order valence-electron chi connectivity index (χ3n) is 1.89. The Labute approximate surface area is 110 Å². The summed E-state index contributed by atoms with van der Waals surface area (Å²) in [5.41, 5.74) is -0.401. The fraction of sp³-hybridized carbons (Fsp3) is 0.300. The van der Waals surface area contributed by atoms with Crippen molar-refractivity contribution >= 4 is 33.7 Å². The maximum absolute atomic E-state index is 13.5.